The normalized spacial score (nSPS) is 36.5. The molecule has 4 N–H and O–H groups in total. The molecule has 0 aromatic rings. The van der Waals surface area contributed by atoms with Gasteiger partial charge in [0.25, 0.3) is 0 Å². The van der Waals surface area contributed by atoms with Crippen LogP contribution in [0.5, 0.6) is 0 Å². The van der Waals surface area contributed by atoms with Gasteiger partial charge in [-0.05, 0) is 6.92 Å². The molecule has 0 radical (unpaired) electrons. The van der Waals surface area contributed by atoms with Crippen molar-refractivity contribution >= 4 is 24.8 Å². The lowest BCUT2D eigenvalue weighted by Gasteiger charge is -2.25. The molecule has 0 aromatic heterocycles. The first-order valence-corrected chi connectivity index (χ1v) is 8.20. The van der Waals surface area contributed by atoms with Gasteiger partial charge in [-0.2, -0.15) is 0 Å². The molecule has 3 unspecified atom stereocenters. The quantitative estimate of drug-likeness (QED) is 0.353. The average Bonchev–Trinajstić information content (AvgIpc) is 2.58. The van der Waals surface area contributed by atoms with Crippen LogP contribution in [0, 0.1) is 0 Å². The van der Waals surface area contributed by atoms with E-state index < -0.39 is 32.1 Å². The maximum Gasteiger partial charge on any atom is 0.503 e. The second-order valence-corrected chi connectivity index (χ2v) is 8.30. The third-order valence-electron chi connectivity index (χ3n) is 2.47. The highest BCUT2D eigenvalue weighted by Crippen LogP contribution is 2.34. The molecule has 0 spiro atoms. The molecular weight excluding hydrogens is 264 g/mol. The molecule has 1 aliphatic heterocycles. The highest BCUT2D eigenvalue weighted by Gasteiger charge is 2.56. The summed E-state index contributed by atoms with van der Waals surface area (Å²) in [5.74, 6) is 0. The summed E-state index contributed by atoms with van der Waals surface area (Å²) in [6, 6.07) is 0. The Labute approximate surface area is 104 Å². The minimum Gasteiger partial charge on any atom is -0.391 e. The SMILES string of the molecule is C/C(=N\C1(CO)CO[Si](O)(C(C)C)O1)S(N)=O. The molecule has 1 aliphatic rings. The molecular formula is C8H18N2O5SSi. The number of aliphatic hydroxyl groups excluding tert-OH is 1. The maximum absolute atomic E-state index is 11.0. The average molecular weight is 282 g/mol. The van der Waals surface area contributed by atoms with Gasteiger partial charge in [0.05, 0.1) is 13.2 Å². The second-order valence-electron chi connectivity index (χ2n) is 4.21. The summed E-state index contributed by atoms with van der Waals surface area (Å²) in [5, 5.41) is 14.6. The summed E-state index contributed by atoms with van der Waals surface area (Å²) < 4.78 is 21.7. The van der Waals surface area contributed by atoms with E-state index in [1.807, 2.05) is 0 Å². The molecule has 1 fully saturated rings. The third kappa shape index (κ3) is 3.19. The van der Waals surface area contributed by atoms with E-state index in [-0.39, 0.29) is 17.2 Å². The molecule has 7 nitrogen and oxygen atoms in total. The van der Waals surface area contributed by atoms with Crippen LogP contribution in [0.15, 0.2) is 4.99 Å². The van der Waals surface area contributed by atoms with Gasteiger partial charge in [0.15, 0.2) is 5.72 Å². The zero-order chi connectivity index (χ0) is 13.3. The maximum atomic E-state index is 11.0. The lowest BCUT2D eigenvalue weighted by molar-refractivity contribution is 0.0206. The van der Waals surface area contributed by atoms with Crippen LogP contribution >= 0.6 is 0 Å². The van der Waals surface area contributed by atoms with Crippen molar-refractivity contribution in [2.45, 2.75) is 32.0 Å². The number of rotatable bonds is 3. The van der Waals surface area contributed by atoms with Crippen LogP contribution in [0.3, 0.4) is 0 Å². The molecule has 0 bridgehead atoms. The van der Waals surface area contributed by atoms with Crippen LogP contribution in [-0.2, 0) is 19.8 Å². The summed E-state index contributed by atoms with van der Waals surface area (Å²) in [6.07, 6.45) is 0. The Morgan fingerprint density at radius 3 is 2.65 bits per heavy atom. The van der Waals surface area contributed by atoms with E-state index in [1.165, 1.54) is 6.92 Å². The molecule has 1 saturated heterocycles. The highest BCUT2D eigenvalue weighted by molar-refractivity contribution is 7.98. The molecule has 1 rings (SSSR count). The van der Waals surface area contributed by atoms with Gasteiger partial charge in [0, 0.05) is 5.54 Å². The Morgan fingerprint density at radius 2 is 2.29 bits per heavy atom. The van der Waals surface area contributed by atoms with Crippen molar-refractivity contribution in [1.82, 2.24) is 0 Å². The van der Waals surface area contributed by atoms with E-state index >= 15 is 0 Å². The smallest absolute Gasteiger partial charge is 0.391 e. The lowest BCUT2D eigenvalue weighted by atomic mass is 10.3. The van der Waals surface area contributed by atoms with Gasteiger partial charge in [-0.15, -0.1) is 0 Å². The minimum absolute atomic E-state index is 0.0705. The molecule has 17 heavy (non-hydrogen) atoms. The number of hydrogen-bond acceptors (Lipinski definition) is 6. The van der Waals surface area contributed by atoms with E-state index in [1.54, 1.807) is 13.8 Å². The largest absolute Gasteiger partial charge is 0.503 e. The molecule has 3 atom stereocenters. The Hall–Kier alpha value is -0.163. The van der Waals surface area contributed by atoms with Gasteiger partial charge in [-0.3, -0.25) is 0 Å². The molecule has 0 aromatic carbocycles. The van der Waals surface area contributed by atoms with Crippen LogP contribution in [0.4, 0.5) is 0 Å². The van der Waals surface area contributed by atoms with Crippen molar-refractivity contribution in [3.63, 3.8) is 0 Å². The first-order valence-electron chi connectivity index (χ1n) is 5.15. The third-order valence-corrected chi connectivity index (χ3v) is 5.83. The number of aliphatic hydroxyl groups is 1. The van der Waals surface area contributed by atoms with E-state index in [0.29, 0.717) is 0 Å². The fourth-order valence-corrected chi connectivity index (χ4v) is 3.36. The Morgan fingerprint density at radius 1 is 1.71 bits per heavy atom. The lowest BCUT2D eigenvalue weighted by Crippen LogP contribution is -2.45. The summed E-state index contributed by atoms with van der Waals surface area (Å²) in [4.78, 5) is 14.1. The highest BCUT2D eigenvalue weighted by atomic mass is 32.2. The Balaban J connectivity index is 2.95. The van der Waals surface area contributed by atoms with Gasteiger partial charge < -0.3 is 18.8 Å². The van der Waals surface area contributed by atoms with E-state index in [0.717, 1.165) is 0 Å². The number of nitrogens with two attached hydrogens (primary N) is 1. The zero-order valence-corrected chi connectivity index (χ0v) is 11.9. The predicted molar refractivity (Wildman–Crippen MR) is 65.4 cm³/mol. The van der Waals surface area contributed by atoms with Crippen molar-refractivity contribution < 1.29 is 23.0 Å². The van der Waals surface area contributed by atoms with Gasteiger partial charge >= 0.3 is 8.80 Å². The van der Waals surface area contributed by atoms with Gasteiger partial charge in [0.2, 0.25) is 0 Å². The van der Waals surface area contributed by atoms with Crippen molar-refractivity contribution in [2.75, 3.05) is 13.2 Å². The van der Waals surface area contributed by atoms with E-state index in [9.17, 15) is 14.1 Å². The van der Waals surface area contributed by atoms with E-state index in [2.05, 4.69) is 4.99 Å². The molecule has 100 valence electrons. The van der Waals surface area contributed by atoms with Crippen LogP contribution < -0.4 is 5.14 Å². The predicted octanol–water partition coefficient (Wildman–Crippen LogP) is -0.896. The van der Waals surface area contributed by atoms with Gasteiger partial charge in [-0.1, -0.05) is 13.8 Å². The summed E-state index contributed by atoms with van der Waals surface area (Å²) in [7, 11) is -5.06. The van der Waals surface area contributed by atoms with Crippen molar-refractivity contribution in [3.05, 3.63) is 0 Å². The van der Waals surface area contributed by atoms with Gasteiger partial charge in [0.1, 0.15) is 16.0 Å². The molecule has 9 heteroatoms. The molecule has 0 amide bonds. The monoisotopic (exact) mass is 282 g/mol. The van der Waals surface area contributed by atoms with Gasteiger partial charge in [-0.25, -0.2) is 14.3 Å². The second kappa shape index (κ2) is 5.22. The first kappa shape index (κ1) is 14.9. The molecule has 0 aliphatic carbocycles. The summed E-state index contributed by atoms with van der Waals surface area (Å²) in [6.45, 7) is 4.45. The minimum atomic E-state index is -3.33. The van der Waals surface area contributed by atoms with Crippen LogP contribution in [0.25, 0.3) is 0 Å². The van der Waals surface area contributed by atoms with Crippen LogP contribution in [-0.4, -0.2) is 46.9 Å². The fourth-order valence-electron chi connectivity index (χ4n) is 1.33. The number of hydrogen-bond donors (Lipinski definition) is 3. The zero-order valence-electron chi connectivity index (χ0n) is 10.0. The standard InChI is InChI=1S/C8H18N2O5SSi/c1-6(2)17(13)14-5-8(4-11,15-17)10-7(3)16(9)12/h6,11,13H,4-5,9H2,1-3H3/b10-7+. The number of nitrogens with zero attached hydrogens (tertiary/aromatic N) is 1. The molecule has 0 saturated carbocycles. The Kier molecular flexibility index (Phi) is 4.58. The molecule has 1 heterocycles. The number of aliphatic imine (C=N–C) groups is 1. The van der Waals surface area contributed by atoms with Crippen molar-refractivity contribution in [2.24, 2.45) is 10.1 Å². The van der Waals surface area contributed by atoms with Crippen molar-refractivity contribution in [3.8, 4) is 0 Å². The first-order chi connectivity index (χ1) is 7.75. The summed E-state index contributed by atoms with van der Waals surface area (Å²) >= 11 is 0. The Bertz CT molecular complexity index is 353. The fraction of sp³-hybridized carbons (Fsp3) is 0.875. The van der Waals surface area contributed by atoms with Crippen molar-refractivity contribution in [1.29, 1.82) is 0 Å². The van der Waals surface area contributed by atoms with E-state index in [4.69, 9.17) is 14.0 Å². The summed E-state index contributed by atoms with van der Waals surface area (Å²) in [5.41, 5.74) is -1.58. The van der Waals surface area contributed by atoms with Crippen LogP contribution in [0.1, 0.15) is 20.8 Å². The topological polar surface area (TPSA) is 114 Å². The van der Waals surface area contributed by atoms with Crippen LogP contribution in [0.2, 0.25) is 5.54 Å².